The fourth-order valence-corrected chi connectivity index (χ4v) is 5.88. The molecule has 0 unspecified atom stereocenters. The molecule has 6 nitrogen and oxygen atoms in total. The largest absolute Gasteiger partial charge is 0.493 e. The second kappa shape index (κ2) is 12.3. The summed E-state index contributed by atoms with van der Waals surface area (Å²) in [5.74, 6) is 1.26. The standard InChI is InChI=1S/C33H44N2O4/c1-7-10-13-22(9-3)32(37)35-26-15-12-11-14-24(26)34-25-20-33(4,5)21-27(36)30(25)31(35)23-16-17-28(39-18-8-2)29(19-23)38-6/h11-12,14-17,19,22,31,34H,7-10,13,18,20-21H2,1-6H3/t22-,31+/m1/s1. The first-order valence-corrected chi connectivity index (χ1v) is 14.5. The highest BCUT2D eigenvalue weighted by Crippen LogP contribution is 2.49. The van der Waals surface area contributed by atoms with Gasteiger partial charge in [0.1, 0.15) is 0 Å². The molecule has 0 fully saturated rings. The molecule has 0 saturated heterocycles. The molecule has 6 heteroatoms. The number of Topliss-reactive ketones (excluding diaryl/α,β-unsaturated/α-hetero) is 1. The van der Waals surface area contributed by atoms with Crippen molar-refractivity contribution >= 4 is 23.1 Å². The average molecular weight is 533 g/mol. The molecule has 0 saturated carbocycles. The molecule has 2 atom stereocenters. The van der Waals surface area contributed by atoms with Gasteiger partial charge in [-0.15, -0.1) is 0 Å². The van der Waals surface area contributed by atoms with E-state index in [9.17, 15) is 9.59 Å². The molecule has 1 aliphatic carbocycles. The summed E-state index contributed by atoms with van der Waals surface area (Å²) in [5, 5.41) is 3.61. The van der Waals surface area contributed by atoms with E-state index in [0.29, 0.717) is 30.1 Å². The van der Waals surface area contributed by atoms with Crippen molar-refractivity contribution in [3.8, 4) is 11.5 Å². The molecule has 210 valence electrons. The predicted octanol–water partition coefficient (Wildman–Crippen LogP) is 7.84. The van der Waals surface area contributed by atoms with Crippen LogP contribution in [0.2, 0.25) is 0 Å². The van der Waals surface area contributed by atoms with Crippen LogP contribution < -0.4 is 19.7 Å². The number of allylic oxidation sites excluding steroid dienone is 1. The van der Waals surface area contributed by atoms with Crippen molar-refractivity contribution in [3.05, 3.63) is 59.3 Å². The van der Waals surface area contributed by atoms with Crippen molar-refractivity contribution in [2.45, 2.75) is 85.6 Å². The van der Waals surface area contributed by atoms with E-state index in [-0.39, 0.29) is 23.0 Å². The summed E-state index contributed by atoms with van der Waals surface area (Å²) >= 11 is 0. The molecule has 1 heterocycles. The van der Waals surface area contributed by atoms with Crippen molar-refractivity contribution in [3.63, 3.8) is 0 Å². The third-order valence-electron chi connectivity index (χ3n) is 7.85. The van der Waals surface area contributed by atoms with Gasteiger partial charge >= 0.3 is 0 Å². The lowest BCUT2D eigenvalue weighted by molar-refractivity contribution is -0.123. The molecule has 2 aromatic carbocycles. The number of hydrogen-bond acceptors (Lipinski definition) is 5. The van der Waals surface area contributed by atoms with Crippen LogP contribution in [0.15, 0.2) is 53.7 Å². The zero-order valence-corrected chi connectivity index (χ0v) is 24.4. The van der Waals surface area contributed by atoms with Crippen LogP contribution in [0, 0.1) is 11.3 Å². The maximum atomic E-state index is 14.5. The fraction of sp³-hybridized carbons (Fsp3) is 0.515. The normalized spacial score (nSPS) is 19.0. The maximum absolute atomic E-state index is 14.5. The minimum absolute atomic E-state index is 0.0573. The maximum Gasteiger partial charge on any atom is 0.231 e. The van der Waals surface area contributed by atoms with Crippen molar-refractivity contribution in [2.24, 2.45) is 11.3 Å². The Morgan fingerprint density at radius 3 is 2.54 bits per heavy atom. The molecule has 0 bridgehead atoms. The molecule has 0 radical (unpaired) electrons. The second-order valence-corrected chi connectivity index (χ2v) is 11.6. The number of methoxy groups -OCH3 is 1. The van der Waals surface area contributed by atoms with Gasteiger partial charge in [0.25, 0.3) is 0 Å². The van der Waals surface area contributed by atoms with Gasteiger partial charge in [-0.3, -0.25) is 14.5 Å². The lowest BCUT2D eigenvalue weighted by Gasteiger charge is -2.38. The molecular weight excluding hydrogens is 488 g/mol. The zero-order chi connectivity index (χ0) is 28.2. The lowest BCUT2D eigenvalue weighted by Crippen LogP contribution is -2.42. The Balaban J connectivity index is 1.96. The van der Waals surface area contributed by atoms with E-state index in [0.717, 1.165) is 61.2 Å². The van der Waals surface area contributed by atoms with E-state index >= 15 is 0 Å². The number of ketones is 1. The highest BCUT2D eigenvalue weighted by atomic mass is 16.5. The SMILES string of the molecule is CCCC[C@@H](CC)C(=O)N1c2ccccc2NC2=C(C(=O)CC(C)(C)C2)[C@@H]1c1ccc(OCCC)c(OC)c1. The first-order valence-electron chi connectivity index (χ1n) is 14.5. The molecule has 1 N–H and O–H groups in total. The number of amides is 1. The Labute approximate surface area is 233 Å². The predicted molar refractivity (Wildman–Crippen MR) is 157 cm³/mol. The Bertz CT molecular complexity index is 1230. The zero-order valence-electron chi connectivity index (χ0n) is 24.4. The number of carbonyl (C=O) groups excluding carboxylic acids is 2. The number of unbranched alkanes of at least 4 members (excludes halogenated alkanes) is 1. The van der Waals surface area contributed by atoms with Crippen molar-refractivity contribution < 1.29 is 19.1 Å². The number of rotatable bonds is 10. The van der Waals surface area contributed by atoms with Gasteiger partial charge in [0.2, 0.25) is 5.91 Å². The van der Waals surface area contributed by atoms with E-state index in [4.69, 9.17) is 9.47 Å². The van der Waals surface area contributed by atoms with Crippen molar-refractivity contribution in [2.75, 3.05) is 23.9 Å². The van der Waals surface area contributed by atoms with E-state index in [2.05, 4.69) is 39.9 Å². The van der Waals surface area contributed by atoms with Gasteiger partial charge < -0.3 is 14.8 Å². The van der Waals surface area contributed by atoms with Gasteiger partial charge in [-0.05, 0) is 60.9 Å². The molecule has 0 aromatic heterocycles. The molecule has 4 rings (SSSR count). The number of para-hydroxylation sites is 2. The van der Waals surface area contributed by atoms with Crippen LogP contribution in [0.5, 0.6) is 11.5 Å². The minimum atomic E-state index is -0.572. The fourth-order valence-electron chi connectivity index (χ4n) is 5.88. The van der Waals surface area contributed by atoms with E-state index in [1.54, 1.807) is 7.11 Å². The number of nitrogens with one attached hydrogen (secondary N) is 1. The second-order valence-electron chi connectivity index (χ2n) is 11.6. The summed E-state index contributed by atoms with van der Waals surface area (Å²) in [5.41, 5.74) is 3.89. The Kier molecular flexibility index (Phi) is 9.04. The molecule has 0 spiro atoms. The van der Waals surface area contributed by atoms with Crippen LogP contribution in [-0.4, -0.2) is 25.4 Å². The smallest absolute Gasteiger partial charge is 0.231 e. The highest BCUT2D eigenvalue weighted by molar-refractivity contribution is 6.07. The Morgan fingerprint density at radius 1 is 1.08 bits per heavy atom. The molecule has 1 aliphatic heterocycles. The summed E-state index contributed by atoms with van der Waals surface area (Å²) in [6.07, 6.45) is 5.63. The minimum Gasteiger partial charge on any atom is -0.493 e. The summed E-state index contributed by atoms with van der Waals surface area (Å²) < 4.78 is 11.7. The van der Waals surface area contributed by atoms with Crippen LogP contribution in [0.4, 0.5) is 11.4 Å². The van der Waals surface area contributed by atoms with Crippen LogP contribution in [0.25, 0.3) is 0 Å². The van der Waals surface area contributed by atoms with Crippen LogP contribution in [0.1, 0.15) is 91.2 Å². The van der Waals surface area contributed by atoms with Gasteiger partial charge in [0.05, 0.1) is 31.1 Å². The summed E-state index contributed by atoms with van der Waals surface area (Å²) in [6.45, 7) is 11.1. The van der Waals surface area contributed by atoms with Crippen LogP contribution in [0.3, 0.4) is 0 Å². The third kappa shape index (κ3) is 6.00. The Hall–Kier alpha value is -3.28. The number of anilines is 2. The molecular formula is C33H44N2O4. The number of benzene rings is 2. The van der Waals surface area contributed by atoms with E-state index in [1.807, 2.05) is 47.4 Å². The number of fused-ring (bicyclic) bond motifs is 1. The first-order chi connectivity index (χ1) is 18.7. The third-order valence-corrected chi connectivity index (χ3v) is 7.85. The number of carbonyl (C=O) groups is 2. The first kappa shape index (κ1) is 28.7. The van der Waals surface area contributed by atoms with Gasteiger partial charge in [0, 0.05) is 23.6 Å². The molecule has 2 aliphatic rings. The molecule has 1 amide bonds. The van der Waals surface area contributed by atoms with E-state index < -0.39 is 6.04 Å². The van der Waals surface area contributed by atoms with Gasteiger partial charge in [-0.2, -0.15) is 0 Å². The van der Waals surface area contributed by atoms with Crippen LogP contribution in [-0.2, 0) is 9.59 Å². The quantitative estimate of drug-likeness (QED) is 0.338. The van der Waals surface area contributed by atoms with Crippen LogP contribution >= 0.6 is 0 Å². The molecule has 39 heavy (non-hydrogen) atoms. The van der Waals surface area contributed by atoms with Crippen molar-refractivity contribution in [1.82, 2.24) is 0 Å². The molecule has 2 aromatic rings. The monoisotopic (exact) mass is 532 g/mol. The number of ether oxygens (including phenoxy) is 2. The van der Waals surface area contributed by atoms with Gasteiger partial charge in [-0.25, -0.2) is 0 Å². The number of hydrogen-bond donors (Lipinski definition) is 1. The Morgan fingerprint density at radius 2 is 1.85 bits per heavy atom. The van der Waals surface area contributed by atoms with Crippen molar-refractivity contribution in [1.29, 1.82) is 0 Å². The van der Waals surface area contributed by atoms with E-state index in [1.165, 1.54) is 0 Å². The topological polar surface area (TPSA) is 67.9 Å². The number of nitrogens with zero attached hydrogens (tertiary/aromatic N) is 1. The summed E-state index contributed by atoms with van der Waals surface area (Å²) in [7, 11) is 1.63. The lowest BCUT2D eigenvalue weighted by atomic mass is 9.73. The van der Waals surface area contributed by atoms with Gasteiger partial charge in [-0.1, -0.05) is 65.7 Å². The summed E-state index contributed by atoms with van der Waals surface area (Å²) in [6, 6.07) is 13.2. The summed E-state index contributed by atoms with van der Waals surface area (Å²) in [4.78, 5) is 30.4. The highest BCUT2D eigenvalue weighted by Gasteiger charge is 2.44. The average Bonchev–Trinajstić information content (AvgIpc) is 3.05. The van der Waals surface area contributed by atoms with Gasteiger partial charge in [0.15, 0.2) is 17.3 Å².